The monoisotopic (exact) mass is 468 g/mol. The third-order valence-electron chi connectivity index (χ3n) is 5.03. The van der Waals surface area contributed by atoms with Crippen LogP contribution in [-0.2, 0) is 0 Å². The number of carbonyl (C=O) groups is 1. The van der Waals surface area contributed by atoms with Crippen molar-refractivity contribution >= 4 is 33.2 Å². The van der Waals surface area contributed by atoms with Gasteiger partial charge in [0.25, 0.3) is 5.91 Å². The van der Waals surface area contributed by atoms with E-state index < -0.39 is 6.17 Å². The summed E-state index contributed by atoms with van der Waals surface area (Å²) in [6.45, 7) is 0. The first-order chi connectivity index (χ1) is 14.6. The average Bonchev–Trinajstić information content (AvgIpc) is 2.78. The van der Waals surface area contributed by atoms with Crippen molar-refractivity contribution in [3.63, 3.8) is 0 Å². The summed E-state index contributed by atoms with van der Waals surface area (Å²) in [6.07, 6.45) is -0.470. The van der Waals surface area contributed by atoms with E-state index >= 15 is 0 Å². The van der Waals surface area contributed by atoms with Crippen molar-refractivity contribution in [2.75, 3.05) is 31.5 Å². The van der Waals surface area contributed by atoms with Crippen LogP contribution in [0.4, 0.5) is 11.4 Å². The van der Waals surface area contributed by atoms with Crippen LogP contribution >= 0.6 is 15.9 Å². The van der Waals surface area contributed by atoms with Gasteiger partial charge in [-0.15, -0.1) is 0 Å². The molecule has 3 aromatic carbocycles. The van der Waals surface area contributed by atoms with Gasteiger partial charge in [0.05, 0.1) is 26.9 Å². The number of amides is 1. The number of carbonyl (C=O) groups excluding carboxylic acids is 1. The van der Waals surface area contributed by atoms with Gasteiger partial charge in [0.2, 0.25) is 5.75 Å². The van der Waals surface area contributed by atoms with Crippen LogP contribution in [0.3, 0.4) is 0 Å². The summed E-state index contributed by atoms with van der Waals surface area (Å²) < 4.78 is 17.4. The molecule has 1 heterocycles. The molecule has 1 atom stereocenters. The third-order valence-corrected chi connectivity index (χ3v) is 5.56. The standard InChI is InChI=1S/C23H21BrN2O4/c1-28-19-12-14(13-20(29-2)21(19)30-3)22-25-18-7-5-4-6-17(18)23(27)26(22)16-10-8-15(24)9-11-16/h4-13,22,25H,1-3H3/t22-/m1/s1. The second-order valence-corrected chi connectivity index (χ2v) is 7.62. The van der Waals surface area contributed by atoms with Gasteiger partial charge in [-0.25, -0.2) is 0 Å². The lowest BCUT2D eigenvalue weighted by atomic mass is 10.0. The van der Waals surface area contributed by atoms with Crippen molar-refractivity contribution < 1.29 is 19.0 Å². The molecule has 1 N–H and O–H groups in total. The molecule has 0 saturated carbocycles. The normalized spacial score (nSPS) is 15.3. The summed E-state index contributed by atoms with van der Waals surface area (Å²) in [5.41, 5.74) is 2.96. The molecule has 30 heavy (non-hydrogen) atoms. The summed E-state index contributed by atoms with van der Waals surface area (Å²) >= 11 is 3.46. The Bertz CT molecular complexity index is 1060. The largest absolute Gasteiger partial charge is 0.493 e. The molecule has 4 rings (SSSR count). The number of hydrogen-bond donors (Lipinski definition) is 1. The van der Waals surface area contributed by atoms with Gasteiger partial charge in [-0.3, -0.25) is 9.69 Å². The number of anilines is 2. The highest BCUT2D eigenvalue weighted by Gasteiger charge is 2.35. The molecule has 154 valence electrons. The van der Waals surface area contributed by atoms with Crippen molar-refractivity contribution in [2.45, 2.75) is 6.17 Å². The van der Waals surface area contributed by atoms with E-state index in [-0.39, 0.29) is 5.91 Å². The molecule has 1 amide bonds. The predicted molar refractivity (Wildman–Crippen MR) is 120 cm³/mol. The Morgan fingerprint density at radius 1 is 0.900 bits per heavy atom. The van der Waals surface area contributed by atoms with E-state index in [1.807, 2.05) is 60.7 Å². The summed E-state index contributed by atoms with van der Waals surface area (Å²) in [4.78, 5) is 15.2. The minimum absolute atomic E-state index is 0.0922. The number of para-hydroxylation sites is 1. The van der Waals surface area contributed by atoms with Gasteiger partial charge < -0.3 is 19.5 Å². The molecular weight excluding hydrogens is 448 g/mol. The maximum Gasteiger partial charge on any atom is 0.262 e. The van der Waals surface area contributed by atoms with Crippen LogP contribution < -0.4 is 24.4 Å². The fourth-order valence-electron chi connectivity index (χ4n) is 3.61. The molecule has 0 unspecified atom stereocenters. The molecule has 0 bridgehead atoms. The SMILES string of the molecule is COc1cc([C@@H]2Nc3ccccc3C(=O)N2c2ccc(Br)cc2)cc(OC)c1OC. The van der Waals surface area contributed by atoms with Crippen molar-refractivity contribution in [3.05, 3.63) is 76.3 Å². The number of methoxy groups -OCH3 is 3. The zero-order chi connectivity index (χ0) is 21.3. The number of nitrogens with one attached hydrogen (secondary N) is 1. The Morgan fingerprint density at radius 2 is 1.53 bits per heavy atom. The fourth-order valence-corrected chi connectivity index (χ4v) is 3.88. The van der Waals surface area contributed by atoms with Gasteiger partial charge in [0.15, 0.2) is 11.5 Å². The number of fused-ring (bicyclic) bond motifs is 1. The lowest BCUT2D eigenvalue weighted by Crippen LogP contribution is -2.43. The first-order valence-corrected chi connectivity index (χ1v) is 10.1. The van der Waals surface area contributed by atoms with E-state index in [2.05, 4.69) is 21.2 Å². The summed E-state index contributed by atoms with van der Waals surface area (Å²) in [6, 6.07) is 18.8. The maximum atomic E-state index is 13.5. The second kappa shape index (κ2) is 8.28. The Labute approximate surface area is 183 Å². The molecule has 0 saturated heterocycles. The fraction of sp³-hybridized carbons (Fsp3) is 0.174. The van der Waals surface area contributed by atoms with Crippen LogP contribution in [0.5, 0.6) is 17.2 Å². The number of halogens is 1. The van der Waals surface area contributed by atoms with Crippen LogP contribution in [0.1, 0.15) is 22.1 Å². The van der Waals surface area contributed by atoms with Crippen molar-refractivity contribution in [1.82, 2.24) is 0 Å². The molecule has 6 nitrogen and oxygen atoms in total. The van der Waals surface area contributed by atoms with Gasteiger partial charge in [0, 0.05) is 21.4 Å². The Hall–Kier alpha value is -3.19. The molecule has 3 aromatic rings. The first kappa shape index (κ1) is 20.1. The van der Waals surface area contributed by atoms with Crippen LogP contribution in [0.2, 0.25) is 0 Å². The Kier molecular flexibility index (Phi) is 5.55. The quantitative estimate of drug-likeness (QED) is 0.554. The average molecular weight is 469 g/mol. The summed E-state index contributed by atoms with van der Waals surface area (Å²) in [5, 5.41) is 3.49. The molecule has 0 radical (unpaired) electrons. The number of ether oxygens (including phenoxy) is 3. The molecule has 7 heteroatoms. The highest BCUT2D eigenvalue weighted by Crippen LogP contribution is 2.43. The van der Waals surface area contributed by atoms with Crippen molar-refractivity contribution in [3.8, 4) is 17.2 Å². The van der Waals surface area contributed by atoms with E-state index in [1.165, 1.54) is 0 Å². The van der Waals surface area contributed by atoms with Crippen LogP contribution in [0.15, 0.2) is 65.1 Å². The van der Waals surface area contributed by atoms with E-state index in [4.69, 9.17) is 14.2 Å². The number of benzene rings is 3. The second-order valence-electron chi connectivity index (χ2n) is 6.70. The molecule has 0 spiro atoms. The molecule has 1 aliphatic heterocycles. The molecule has 0 fully saturated rings. The predicted octanol–water partition coefficient (Wildman–Crippen LogP) is 5.25. The molecule has 0 aliphatic carbocycles. The van der Waals surface area contributed by atoms with Gasteiger partial charge >= 0.3 is 0 Å². The van der Waals surface area contributed by atoms with E-state index in [0.717, 1.165) is 21.4 Å². The molecular formula is C23H21BrN2O4. The highest BCUT2D eigenvalue weighted by molar-refractivity contribution is 9.10. The maximum absolute atomic E-state index is 13.5. The topological polar surface area (TPSA) is 60.0 Å². The number of rotatable bonds is 5. The third kappa shape index (κ3) is 3.45. The van der Waals surface area contributed by atoms with Gasteiger partial charge in [-0.2, -0.15) is 0 Å². The van der Waals surface area contributed by atoms with Crippen LogP contribution in [0, 0.1) is 0 Å². The Balaban J connectivity index is 1.89. The lowest BCUT2D eigenvalue weighted by Gasteiger charge is -2.38. The van der Waals surface area contributed by atoms with E-state index in [1.54, 1.807) is 26.2 Å². The lowest BCUT2D eigenvalue weighted by molar-refractivity contribution is 0.0975. The van der Waals surface area contributed by atoms with E-state index in [0.29, 0.717) is 22.8 Å². The minimum Gasteiger partial charge on any atom is -0.493 e. The molecule has 0 aromatic heterocycles. The van der Waals surface area contributed by atoms with E-state index in [9.17, 15) is 4.79 Å². The number of hydrogen-bond acceptors (Lipinski definition) is 5. The van der Waals surface area contributed by atoms with Gasteiger partial charge in [0.1, 0.15) is 6.17 Å². The van der Waals surface area contributed by atoms with Crippen molar-refractivity contribution in [2.24, 2.45) is 0 Å². The first-order valence-electron chi connectivity index (χ1n) is 9.32. The van der Waals surface area contributed by atoms with Crippen LogP contribution in [-0.4, -0.2) is 27.2 Å². The smallest absolute Gasteiger partial charge is 0.262 e. The van der Waals surface area contributed by atoms with Gasteiger partial charge in [-0.1, -0.05) is 28.1 Å². The highest BCUT2D eigenvalue weighted by atomic mass is 79.9. The van der Waals surface area contributed by atoms with Crippen LogP contribution in [0.25, 0.3) is 0 Å². The van der Waals surface area contributed by atoms with Gasteiger partial charge in [-0.05, 0) is 48.5 Å². The zero-order valence-electron chi connectivity index (χ0n) is 16.8. The zero-order valence-corrected chi connectivity index (χ0v) is 18.4. The number of nitrogens with zero attached hydrogens (tertiary/aromatic N) is 1. The Morgan fingerprint density at radius 3 is 2.13 bits per heavy atom. The minimum atomic E-state index is -0.470. The summed E-state index contributed by atoms with van der Waals surface area (Å²) in [5.74, 6) is 1.46. The van der Waals surface area contributed by atoms with Crippen molar-refractivity contribution in [1.29, 1.82) is 0 Å². The molecule has 1 aliphatic rings. The summed E-state index contributed by atoms with van der Waals surface area (Å²) in [7, 11) is 4.71.